The van der Waals surface area contributed by atoms with E-state index in [0.29, 0.717) is 12.2 Å². The third-order valence-electron chi connectivity index (χ3n) is 3.17. The molecule has 2 rings (SSSR count). The number of hydrogen-bond acceptors (Lipinski definition) is 4. The average molecular weight is 247 g/mol. The minimum atomic E-state index is -0.188. The first-order valence-corrected chi connectivity index (χ1v) is 6.24. The second-order valence-corrected chi connectivity index (χ2v) is 4.31. The summed E-state index contributed by atoms with van der Waals surface area (Å²) in [6, 6.07) is 7.10. The first-order chi connectivity index (χ1) is 8.76. The lowest BCUT2D eigenvalue weighted by molar-refractivity contribution is -0.144. The molecular weight excluding hydrogens is 230 g/mol. The summed E-state index contributed by atoms with van der Waals surface area (Å²) in [5.74, 6) is -0.158. The van der Waals surface area contributed by atoms with Gasteiger partial charge in [0.05, 0.1) is 6.61 Å². The minimum absolute atomic E-state index is 0.158. The monoisotopic (exact) mass is 247 g/mol. The van der Waals surface area contributed by atoms with Crippen molar-refractivity contribution in [1.29, 1.82) is 0 Å². The van der Waals surface area contributed by atoms with Gasteiger partial charge in [0.25, 0.3) is 0 Å². The molecule has 1 saturated heterocycles. The topological polar surface area (TPSA) is 46.6 Å². The maximum absolute atomic E-state index is 11.8. The number of carbonyl (C=O) groups is 2. The number of esters is 1. The number of hydrogen-bond donors (Lipinski definition) is 0. The third kappa shape index (κ3) is 2.53. The van der Waals surface area contributed by atoms with Gasteiger partial charge < -0.3 is 9.64 Å². The standard InChI is InChI=1S/C14H17NO3/c1-2-18-14(17)13-4-3-9-15(13)12-7-5-11(10-16)6-8-12/h5-8,10,13H,2-4,9H2,1H3/t13-/m0/s1. The van der Waals surface area contributed by atoms with Gasteiger partial charge in [-0.05, 0) is 44.0 Å². The van der Waals surface area contributed by atoms with Gasteiger partial charge in [0.1, 0.15) is 12.3 Å². The predicted molar refractivity (Wildman–Crippen MR) is 68.8 cm³/mol. The number of rotatable bonds is 4. The molecule has 4 nitrogen and oxygen atoms in total. The van der Waals surface area contributed by atoms with Crippen molar-refractivity contribution in [1.82, 2.24) is 0 Å². The van der Waals surface area contributed by atoms with Crippen molar-refractivity contribution in [3.05, 3.63) is 29.8 Å². The quantitative estimate of drug-likeness (QED) is 0.603. The molecule has 1 aliphatic heterocycles. The van der Waals surface area contributed by atoms with Crippen LogP contribution in [0, 0.1) is 0 Å². The molecule has 1 heterocycles. The van der Waals surface area contributed by atoms with Crippen LogP contribution < -0.4 is 4.90 Å². The molecule has 1 aromatic carbocycles. The molecule has 96 valence electrons. The van der Waals surface area contributed by atoms with Gasteiger partial charge in [-0.2, -0.15) is 0 Å². The molecule has 0 spiro atoms. The second kappa shape index (κ2) is 5.67. The smallest absolute Gasteiger partial charge is 0.328 e. The van der Waals surface area contributed by atoms with Crippen LogP contribution in [0.15, 0.2) is 24.3 Å². The molecule has 0 bridgehead atoms. The molecule has 0 amide bonds. The van der Waals surface area contributed by atoms with Crippen LogP contribution >= 0.6 is 0 Å². The van der Waals surface area contributed by atoms with E-state index < -0.39 is 0 Å². The molecule has 0 unspecified atom stereocenters. The van der Waals surface area contributed by atoms with Gasteiger partial charge >= 0.3 is 5.97 Å². The zero-order valence-corrected chi connectivity index (χ0v) is 10.5. The van der Waals surface area contributed by atoms with Crippen molar-refractivity contribution in [2.24, 2.45) is 0 Å². The Labute approximate surface area is 107 Å². The van der Waals surface area contributed by atoms with E-state index >= 15 is 0 Å². The Hall–Kier alpha value is -1.84. The number of aldehydes is 1. The van der Waals surface area contributed by atoms with Gasteiger partial charge in [0.15, 0.2) is 0 Å². The van der Waals surface area contributed by atoms with Crippen molar-refractivity contribution >= 4 is 17.9 Å². The first-order valence-electron chi connectivity index (χ1n) is 6.24. The van der Waals surface area contributed by atoms with E-state index in [9.17, 15) is 9.59 Å². The number of anilines is 1. The van der Waals surface area contributed by atoms with Crippen molar-refractivity contribution in [2.45, 2.75) is 25.8 Å². The van der Waals surface area contributed by atoms with Crippen molar-refractivity contribution in [3.63, 3.8) is 0 Å². The Morgan fingerprint density at radius 2 is 2.17 bits per heavy atom. The summed E-state index contributed by atoms with van der Waals surface area (Å²) >= 11 is 0. The Balaban J connectivity index is 2.14. The van der Waals surface area contributed by atoms with E-state index in [1.165, 1.54) is 0 Å². The van der Waals surface area contributed by atoms with Gasteiger partial charge in [-0.3, -0.25) is 4.79 Å². The van der Waals surface area contributed by atoms with Crippen LogP contribution in [0.2, 0.25) is 0 Å². The molecule has 1 aromatic rings. The molecule has 1 fully saturated rings. The van der Waals surface area contributed by atoms with E-state index in [1.807, 2.05) is 24.0 Å². The maximum atomic E-state index is 11.8. The largest absolute Gasteiger partial charge is 0.464 e. The lowest BCUT2D eigenvalue weighted by Crippen LogP contribution is -2.37. The third-order valence-corrected chi connectivity index (χ3v) is 3.17. The number of carbonyl (C=O) groups excluding carboxylic acids is 2. The fraction of sp³-hybridized carbons (Fsp3) is 0.429. The van der Waals surface area contributed by atoms with Crippen LogP contribution in [0.1, 0.15) is 30.1 Å². The Morgan fingerprint density at radius 1 is 1.44 bits per heavy atom. The average Bonchev–Trinajstić information content (AvgIpc) is 2.88. The van der Waals surface area contributed by atoms with E-state index in [1.54, 1.807) is 12.1 Å². The van der Waals surface area contributed by atoms with Crippen LogP contribution in [0.4, 0.5) is 5.69 Å². The van der Waals surface area contributed by atoms with Gasteiger partial charge in [-0.1, -0.05) is 0 Å². The number of benzene rings is 1. The fourth-order valence-electron chi connectivity index (χ4n) is 2.30. The summed E-state index contributed by atoms with van der Waals surface area (Å²) in [7, 11) is 0. The van der Waals surface area contributed by atoms with Crippen LogP contribution in [0.3, 0.4) is 0 Å². The molecule has 18 heavy (non-hydrogen) atoms. The molecule has 0 aromatic heterocycles. The molecule has 0 radical (unpaired) electrons. The summed E-state index contributed by atoms with van der Waals surface area (Å²) in [5.41, 5.74) is 1.61. The highest BCUT2D eigenvalue weighted by atomic mass is 16.5. The molecule has 1 atom stereocenters. The molecule has 4 heteroatoms. The van der Waals surface area contributed by atoms with E-state index in [4.69, 9.17) is 4.74 Å². The first kappa shape index (κ1) is 12.6. The van der Waals surface area contributed by atoms with Gasteiger partial charge in [0.2, 0.25) is 0 Å². The van der Waals surface area contributed by atoms with E-state index in [-0.39, 0.29) is 12.0 Å². The highest BCUT2D eigenvalue weighted by molar-refractivity contribution is 5.81. The normalized spacial score (nSPS) is 18.7. The Kier molecular flexibility index (Phi) is 3.97. The summed E-state index contributed by atoms with van der Waals surface area (Å²) in [5, 5.41) is 0. The van der Waals surface area contributed by atoms with E-state index in [2.05, 4.69) is 0 Å². The Morgan fingerprint density at radius 3 is 2.78 bits per heavy atom. The van der Waals surface area contributed by atoms with Crippen molar-refractivity contribution in [3.8, 4) is 0 Å². The van der Waals surface area contributed by atoms with Crippen molar-refractivity contribution < 1.29 is 14.3 Å². The minimum Gasteiger partial charge on any atom is -0.464 e. The highest BCUT2D eigenvalue weighted by Gasteiger charge is 2.31. The second-order valence-electron chi connectivity index (χ2n) is 4.31. The molecule has 0 aliphatic carbocycles. The zero-order chi connectivity index (χ0) is 13.0. The SMILES string of the molecule is CCOC(=O)[C@@H]1CCCN1c1ccc(C=O)cc1. The lowest BCUT2D eigenvalue weighted by atomic mass is 10.2. The highest BCUT2D eigenvalue weighted by Crippen LogP contribution is 2.26. The van der Waals surface area contributed by atoms with Gasteiger partial charge in [-0.25, -0.2) is 4.79 Å². The van der Waals surface area contributed by atoms with Crippen LogP contribution in [-0.2, 0) is 9.53 Å². The molecule has 0 N–H and O–H groups in total. The van der Waals surface area contributed by atoms with Crippen LogP contribution in [0.5, 0.6) is 0 Å². The summed E-state index contributed by atoms with van der Waals surface area (Å²) in [4.78, 5) is 24.5. The summed E-state index contributed by atoms with van der Waals surface area (Å²) in [6.07, 6.45) is 2.63. The van der Waals surface area contributed by atoms with Crippen molar-refractivity contribution in [2.75, 3.05) is 18.1 Å². The zero-order valence-electron chi connectivity index (χ0n) is 10.5. The molecule has 1 aliphatic rings. The predicted octanol–water partition coefficient (Wildman–Crippen LogP) is 2.03. The van der Waals surface area contributed by atoms with Gasteiger partial charge in [-0.15, -0.1) is 0 Å². The summed E-state index contributed by atoms with van der Waals surface area (Å²) < 4.78 is 5.09. The number of nitrogens with zero attached hydrogens (tertiary/aromatic N) is 1. The lowest BCUT2D eigenvalue weighted by Gasteiger charge is -2.25. The van der Waals surface area contributed by atoms with E-state index in [0.717, 1.165) is 31.4 Å². The van der Waals surface area contributed by atoms with Crippen LogP contribution in [-0.4, -0.2) is 31.4 Å². The van der Waals surface area contributed by atoms with Crippen LogP contribution in [0.25, 0.3) is 0 Å². The molecular formula is C14H17NO3. The number of ether oxygens (including phenoxy) is 1. The van der Waals surface area contributed by atoms with Gasteiger partial charge in [0, 0.05) is 17.8 Å². The fourth-order valence-corrected chi connectivity index (χ4v) is 2.30. The summed E-state index contributed by atoms with van der Waals surface area (Å²) in [6.45, 7) is 3.08. The Bertz CT molecular complexity index is 427. The molecule has 0 saturated carbocycles. The maximum Gasteiger partial charge on any atom is 0.328 e.